The molecule has 0 bridgehead atoms. The van der Waals surface area contributed by atoms with Crippen LogP contribution in [-0.4, -0.2) is 36.7 Å². The van der Waals surface area contributed by atoms with E-state index in [-0.39, 0.29) is 23.2 Å². The van der Waals surface area contributed by atoms with Crippen molar-refractivity contribution in [3.8, 4) is 28.6 Å². The van der Waals surface area contributed by atoms with E-state index < -0.39 is 41.1 Å². The van der Waals surface area contributed by atoms with Gasteiger partial charge in [0.15, 0.2) is 0 Å². The van der Waals surface area contributed by atoms with Gasteiger partial charge < -0.3 is 11.1 Å². The number of nitrogens with zero attached hydrogens (tertiary/aromatic N) is 6. The van der Waals surface area contributed by atoms with Crippen molar-refractivity contribution in [1.82, 2.24) is 24.8 Å². The molecule has 3 N–H and O–H groups in total. The van der Waals surface area contributed by atoms with Crippen LogP contribution in [0, 0.1) is 34.6 Å². The zero-order valence-electron chi connectivity index (χ0n) is 32.4. The number of halogens is 4. The van der Waals surface area contributed by atoms with Gasteiger partial charge in [0.1, 0.15) is 52.9 Å². The fourth-order valence-electron chi connectivity index (χ4n) is 7.30. The second-order valence-electron chi connectivity index (χ2n) is 14.2. The number of amides is 2. The summed E-state index contributed by atoms with van der Waals surface area (Å²) >= 11 is 0. The summed E-state index contributed by atoms with van der Waals surface area (Å²) in [5.74, 6) is -2.13. The molecule has 5 aromatic carbocycles. The van der Waals surface area contributed by atoms with Gasteiger partial charge in [-0.2, -0.15) is 5.26 Å². The van der Waals surface area contributed by atoms with Gasteiger partial charge in [-0.1, -0.05) is 36.4 Å². The molecule has 300 valence electrons. The normalized spacial score (nSPS) is 13.0. The van der Waals surface area contributed by atoms with Crippen molar-refractivity contribution < 1.29 is 27.2 Å². The number of benzene rings is 5. The highest BCUT2D eigenvalue weighted by Crippen LogP contribution is 2.38. The monoisotopic (exact) mass is 816 g/mol. The van der Waals surface area contributed by atoms with E-state index in [4.69, 9.17) is 5.73 Å². The van der Waals surface area contributed by atoms with Crippen molar-refractivity contribution in [2.75, 3.05) is 11.1 Å². The zero-order chi connectivity index (χ0) is 42.9. The van der Waals surface area contributed by atoms with Crippen LogP contribution < -0.4 is 11.1 Å². The van der Waals surface area contributed by atoms with Crippen LogP contribution in [0.1, 0.15) is 63.3 Å². The molecule has 3 aromatic heterocycles. The first-order chi connectivity index (χ1) is 29.4. The molecule has 1 aliphatic heterocycles. The summed E-state index contributed by atoms with van der Waals surface area (Å²) in [6.07, 6.45) is 1.26. The molecule has 0 unspecified atom stereocenters. The van der Waals surface area contributed by atoms with E-state index in [9.17, 15) is 32.4 Å². The standard InChI is InChI=1S/C25H16F2N2O2.C22H16F2N6/c1-14(29-24(30)19-7-2-3-8-20(19)25(29)31)21-12-15-9-10-18(27)13-22(15)28-23(21)16-5-4-6-17(26)11-16;1-12(29-22-18(10-25)21(26)27-11-28-22)17-8-13-5-6-16(24)9-19(13)30-20(17)14-3-2-4-15(23)7-14/h2-14H,1H3;2-9,11-12H,1H3,(H3,26,27,28,29)/t14-;12-/m00/s1. The van der Waals surface area contributed by atoms with E-state index in [1.165, 1.54) is 59.8 Å². The van der Waals surface area contributed by atoms with Gasteiger partial charge in [0, 0.05) is 45.2 Å². The SMILES string of the molecule is C[C@@H](c1cc2ccc(F)cc2nc1-c1cccc(F)c1)N1C(=O)c2ccccc2C1=O.C[C@H](Nc1ncnc(N)c1C#N)c1cc2ccc(F)cc2nc1-c1cccc(F)c1. The Morgan fingerprint density at radius 3 is 1.67 bits per heavy atom. The Morgan fingerprint density at radius 2 is 1.15 bits per heavy atom. The lowest BCUT2D eigenvalue weighted by atomic mass is 9.97. The van der Waals surface area contributed by atoms with Crippen molar-refractivity contribution in [3.05, 3.63) is 179 Å². The van der Waals surface area contributed by atoms with Gasteiger partial charge in [0.25, 0.3) is 11.8 Å². The maximum absolute atomic E-state index is 14.0. The second-order valence-corrected chi connectivity index (χ2v) is 14.2. The van der Waals surface area contributed by atoms with Crippen molar-refractivity contribution in [1.29, 1.82) is 5.26 Å². The van der Waals surface area contributed by atoms with E-state index in [0.29, 0.717) is 55.6 Å². The molecule has 14 heteroatoms. The average molecular weight is 817 g/mol. The Labute approximate surface area is 346 Å². The summed E-state index contributed by atoms with van der Waals surface area (Å²) in [4.78, 5) is 44.3. The minimum atomic E-state index is -0.673. The van der Waals surface area contributed by atoms with Gasteiger partial charge in [-0.3, -0.25) is 14.5 Å². The average Bonchev–Trinajstić information content (AvgIpc) is 3.51. The van der Waals surface area contributed by atoms with E-state index >= 15 is 0 Å². The number of carbonyl (C=O) groups excluding carboxylic acids is 2. The first-order valence-corrected chi connectivity index (χ1v) is 18.9. The predicted octanol–water partition coefficient (Wildman–Crippen LogP) is 10.1. The minimum Gasteiger partial charge on any atom is -0.382 e. The Hall–Kier alpha value is -8.05. The minimum absolute atomic E-state index is 0.0691. The number of nitrogen functional groups attached to an aromatic ring is 1. The van der Waals surface area contributed by atoms with Crippen LogP contribution in [0.25, 0.3) is 44.3 Å². The fourth-order valence-corrected chi connectivity index (χ4v) is 7.30. The van der Waals surface area contributed by atoms with E-state index in [1.54, 1.807) is 73.7 Å². The van der Waals surface area contributed by atoms with Crippen LogP contribution in [0.5, 0.6) is 0 Å². The van der Waals surface area contributed by atoms with Crippen molar-refractivity contribution >= 4 is 45.3 Å². The van der Waals surface area contributed by atoms with E-state index in [0.717, 1.165) is 10.9 Å². The Bertz CT molecular complexity index is 3070. The summed E-state index contributed by atoms with van der Waals surface area (Å²) < 4.78 is 55.4. The number of nitrogens with two attached hydrogens (primary N) is 1. The lowest BCUT2D eigenvalue weighted by Crippen LogP contribution is -2.33. The highest BCUT2D eigenvalue weighted by atomic mass is 19.1. The van der Waals surface area contributed by atoms with E-state index in [2.05, 4.69) is 25.3 Å². The van der Waals surface area contributed by atoms with Gasteiger partial charge in [-0.15, -0.1) is 0 Å². The summed E-state index contributed by atoms with van der Waals surface area (Å²) in [6, 6.07) is 31.7. The highest BCUT2D eigenvalue weighted by molar-refractivity contribution is 6.21. The number of imide groups is 1. The van der Waals surface area contributed by atoms with Gasteiger partial charge in [-0.25, -0.2) is 37.5 Å². The number of hydrogen-bond acceptors (Lipinski definition) is 9. The number of carbonyl (C=O) groups is 2. The largest absolute Gasteiger partial charge is 0.382 e. The molecule has 2 amide bonds. The van der Waals surface area contributed by atoms with Crippen LogP contribution in [0.2, 0.25) is 0 Å². The quantitative estimate of drug-likeness (QED) is 0.118. The fraction of sp³-hybridized carbons (Fsp3) is 0.0851. The number of hydrogen-bond donors (Lipinski definition) is 2. The zero-order valence-corrected chi connectivity index (χ0v) is 32.4. The highest BCUT2D eigenvalue weighted by Gasteiger charge is 2.39. The number of rotatable bonds is 7. The first-order valence-electron chi connectivity index (χ1n) is 18.9. The number of nitrogens with one attached hydrogen (secondary N) is 1. The van der Waals surface area contributed by atoms with Crippen LogP contribution in [0.3, 0.4) is 0 Å². The number of anilines is 2. The van der Waals surface area contributed by atoms with Crippen LogP contribution in [-0.2, 0) is 0 Å². The second kappa shape index (κ2) is 16.3. The number of fused-ring (bicyclic) bond motifs is 3. The van der Waals surface area contributed by atoms with Gasteiger partial charge >= 0.3 is 0 Å². The lowest BCUT2D eigenvalue weighted by Gasteiger charge is -2.25. The molecule has 4 heterocycles. The molecule has 0 spiro atoms. The Morgan fingerprint density at radius 1 is 0.639 bits per heavy atom. The summed E-state index contributed by atoms with van der Waals surface area (Å²) in [6.45, 7) is 3.59. The summed E-state index contributed by atoms with van der Waals surface area (Å²) in [7, 11) is 0. The molecule has 8 aromatic rings. The summed E-state index contributed by atoms with van der Waals surface area (Å²) in [5, 5.41) is 13.9. The third kappa shape index (κ3) is 7.79. The van der Waals surface area contributed by atoms with Crippen molar-refractivity contribution in [2.45, 2.75) is 25.9 Å². The summed E-state index contributed by atoms with van der Waals surface area (Å²) in [5.41, 5.74) is 10.7. The van der Waals surface area contributed by atoms with Gasteiger partial charge in [-0.05, 0) is 86.6 Å². The molecular weight excluding hydrogens is 785 g/mol. The molecule has 0 radical (unpaired) electrons. The number of aromatic nitrogens is 4. The number of pyridine rings is 2. The molecule has 1 aliphatic rings. The third-order valence-electron chi connectivity index (χ3n) is 10.3. The van der Waals surface area contributed by atoms with Crippen LogP contribution in [0.15, 0.2) is 128 Å². The smallest absolute Gasteiger partial charge is 0.262 e. The molecule has 9 rings (SSSR count). The molecule has 0 saturated heterocycles. The van der Waals surface area contributed by atoms with Crippen molar-refractivity contribution in [2.24, 2.45) is 0 Å². The maximum Gasteiger partial charge on any atom is 0.262 e. The first kappa shape index (κ1) is 39.8. The Kier molecular flexibility index (Phi) is 10.6. The Balaban J connectivity index is 0.000000169. The van der Waals surface area contributed by atoms with E-state index in [1.807, 2.05) is 19.1 Å². The topological polar surface area (TPSA) is 151 Å². The molecule has 61 heavy (non-hydrogen) atoms. The molecule has 10 nitrogen and oxygen atoms in total. The number of nitriles is 1. The van der Waals surface area contributed by atoms with Crippen molar-refractivity contribution in [3.63, 3.8) is 0 Å². The van der Waals surface area contributed by atoms with Crippen LogP contribution >= 0.6 is 0 Å². The maximum atomic E-state index is 14.0. The third-order valence-corrected chi connectivity index (χ3v) is 10.3. The molecule has 0 aliphatic carbocycles. The molecule has 0 fully saturated rings. The van der Waals surface area contributed by atoms with Gasteiger partial charge in [0.05, 0.1) is 45.6 Å². The van der Waals surface area contributed by atoms with Gasteiger partial charge in [0.2, 0.25) is 0 Å². The molecular formula is C47H32F4N8O2. The molecule has 2 atom stereocenters. The lowest BCUT2D eigenvalue weighted by molar-refractivity contribution is 0.0595. The van der Waals surface area contributed by atoms with Crippen LogP contribution in [0.4, 0.5) is 29.2 Å². The molecule has 0 saturated carbocycles. The predicted molar refractivity (Wildman–Crippen MR) is 223 cm³/mol.